The van der Waals surface area contributed by atoms with Crippen LogP contribution in [0.5, 0.6) is 0 Å². The maximum atomic E-state index is 13.2. The first-order chi connectivity index (χ1) is 13.8. The van der Waals surface area contributed by atoms with Crippen LogP contribution in [0.2, 0.25) is 0 Å². The van der Waals surface area contributed by atoms with Crippen LogP contribution in [-0.4, -0.2) is 90.1 Å². The predicted octanol–water partition coefficient (Wildman–Crippen LogP) is 1.64. The number of hydrogen-bond acceptors (Lipinski definition) is 4. The Morgan fingerprint density at radius 1 is 1.10 bits per heavy atom. The van der Waals surface area contributed by atoms with E-state index in [0.29, 0.717) is 18.7 Å². The molecule has 7 heteroatoms. The lowest BCUT2D eigenvalue weighted by Crippen LogP contribution is -2.43. The molecule has 0 bridgehead atoms. The SMILES string of the molecule is CC(C)(C)n1ccc(C(=O)N2CCC3(CCN(CCN4CCOCC4)C3=O)C2)c1. The molecule has 29 heavy (non-hydrogen) atoms. The van der Waals surface area contributed by atoms with E-state index in [1.54, 1.807) is 0 Å². The van der Waals surface area contributed by atoms with Gasteiger partial charge in [-0.25, -0.2) is 0 Å². The summed E-state index contributed by atoms with van der Waals surface area (Å²) < 4.78 is 7.47. The van der Waals surface area contributed by atoms with E-state index in [2.05, 4.69) is 30.2 Å². The Labute approximate surface area is 173 Å². The minimum atomic E-state index is -0.368. The number of likely N-dealkylation sites (tertiary alicyclic amines) is 2. The van der Waals surface area contributed by atoms with Crippen molar-refractivity contribution < 1.29 is 14.3 Å². The number of carbonyl (C=O) groups excluding carboxylic acids is 2. The molecule has 4 heterocycles. The average Bonchev–Trinajstić information content (AvgIpc) is 3.42. The van der Waals surface area contributed by atoms with Crippen molar-refractivity contribution in [3.63, 3.8) is 0 Å². The molecular weight excluding hydrogens is 368 g/mol. The average molecular weight is 403 g/mol. The molecule has 3 saturated heterocycles. The van der Waals surface area contributed by atoms with Gasteiger partial charge in [0.2, 0.25) is 5.91 Å². The first-order valence-electron chi connectivity index (χ1n) is 10.9. The lowest BCUT2D eigenvalue weighted by atomic mass is 9.85. The molecule has 4 rings (SSSR count). The van der Waals surface area contributed by atoms with Crippen molar-refractivity contribution in [2.45, 2.75) is 39.2 Å². The molecule has 2 amide bonds. The summed E-state index contributed by atoms with van der Waals surface area (Å²) in [6.07, 6.45) is 5.54. The smallest absolute Gasteiger partial charge is 0.255 e. The summed E-state index contributed by atoms with van der Waals surface area (Å²) in [5.41, 5.74) is 0.298. The van der Waals surface area contributed by atoms with Crippen molar-refractivity contribution in [2.24, 2.45) is 5.41 Å². The summed E-state index contributed by atoms with van der Waals surface area (Å²) >= 11 is 0. The third-order valence-electron chi connectivity index (χ3n) is 6.75. The van der Waals surface area contributed by atoms with Crippen LogP contribution < -0.4 is 0 Å². The van der Waals surface area contributed by atoms with Gasteiger partial charge < -0.3 is 19.1 Å². The van der Waals surface area contributed by atoms with Crippen LogP contribution in [0.3, 0.4) is 0 Å². The Kier molecular flexibility index (Phi) is 5.46. The fourth-order valence-electron chi connectivity index (χ4n) is 4.74. The molecule has 1 unspecified atom stereocenters. The molecule has 7 nitrogen and oxygen atoms in total. The zero-order valence-electron chi connectivity index (χ0n) is 18.0. The first kappa shape index (κ1) is 20.4. The molecular formula is C22H34N4O3. The van der Waals surface area contributed by atoms with Gasteiger partial charge in [0.1, 0.15) is 0 Å². The highest BCUT2D eigenvalue weighted by atomic mass is 16.5. The van der Waals surface area contributed by atoms with Gasteiger partial charge in [0.15, 0.2) is 0 Å². The zero-order chi connectivity index (χ0) is 20.6. The molecule has 3 aliphatic heterocycles. The standard InChI is InChI=1S/C22H34N4O3/c1-21(2,3)26-7-4-18(16-26)19(27)25-9-6-22(17-25)5-8-24(20(22)28)11-10-23-12-14-29-15-13-23/h4,7,16H,5-6,8-15,17H2,1-3H3. The van der Waals surface area contributed by atoms with E-state index < -0.39 is 0 Å². The van der Waals surface area contributed by atoms with Gasteiger partial charge in [-0.15, -0.1) is 0 Å². The number of amides is 2. The van der Waals surface area contributed by atoms with Gasteiger partial charge in [0.05, 0.1) is 24.2 Å². The third kappa shape index (κ3) is 4.08. The second kappa shape index (κ2) is 7.76. The molecule has 0 radical (unpaired) electrons. The summed E-state index contributed by atoms with van der Waals surface area (Å²) in [4.78, 5) is 32.5. The number of rotatable bonds is 4. The largest absolute Gasteiger partial charge is 0.379 e. The van der Waals surface area contributed by atoms with Crippen LogP contribution >= 0.6 is 0 Å². The summed E-state index contributed by atoms with van der Waals surface area (Å²) in [5.74, 6) is 0.290. The van der Waals surface area contributed by atoms with Gasteiger partial charge in [-0.2, -0.15) is 0 Å². The number of morpholine rings is 1. The summed E-state index contributed by atoms with van der Waals surface area (Å²) in [6, 6.07) is 1.89. The monoisotopic (exact) mass is 402 g/mol. The van der Waals surface area contributed by atoms with Crippen molar-refractivity contribution in [3.8, 4) is 0 Å². The minimum absolute atomic E-state index is 0.0458. The lowest BCUT2D eigenvalue weighted by molar-refractivity contribution is -0.135. The van der Waals surface area contributed by atoms with Gasteiger partial charge >= 0.3 is 0 Å². The van der Waals surface area contributed by atoms with Gasteiger partial charge in [-0.3, -0.25) is 14.5 Å². The summed E-state index contributed by atoms with van der Waals surface area (Å²) in [7, 11) is 0. The minimum Gasteiger partial charge on any atom is -0.379 e. The van der Waals surface area contributed by atoms with E-state index >= 15 is 0 Å². The highest BCUT2D eigenvalue weighted by Crippen LogP contribution is 2.41. The number of nitrogens with zero attached hydrogens (tertiary/aromatic N) is 4. The van der Waals surface area contributed by atoms with Gasteiger partial charge in [0.25, 0.3) is 5.91 Å². The van der Waals surface area contributed by atoms with E-state index in [1.807, 2.05) is 28.3 Å². The number of aromatic nitrogens is 1. The molecule has 0 saturated carbocycles. The topological polar surface area (TPSA) is 58.0 Å². The second-order valence-electron chi connectivity index (χ2n) is 9.73. The van der Waals surface area contributed by atoms with E-state index in [4.69, 9.17) is 4.74 Å². The molecule has 1 aromatic heterocycles. The van der Waals surface area contributed by atoms with Crippen LogP contribution in [0.4, 0.5) is 0 Å². The van der Waals surface area contributed by atoms with Crippen molar-refractivity contribution in [1.82, 2.24) is 19.3 Å². The lowest BCUT2D eigenvalue weighted by Gasteiger charge is -2.29. The van der Waals surface area contributed by atoms with Gasteiger partial charge in [-0.05, 0) is 39.7 Å². The van der Waals surface area contributed by atoms with Crippen LogP contribution in [0.15, 0.2) is 18.5 Å². The fraction of sp³-hybridized carbons (Fsp3) is 0.727. The van der Waals surface area contributed by atoms with Crippen molar-refractivity contribution in [2.75, 3.05) is 59.0 Å². The molecule has 1 atom stereocenters. The van der Waals surface area contributed by atoms with Crippen LogP contribution in [-0.2, 0) is 15.1 Å². The van der Waals surface area contributed by atoms with Gasteiger partial charge in [-0.1, -0.05) is 0 Å². The fourth-order valence-corrected chi connectivity index (χ4v) is 4.74. The highest BCUT2D eigenvalue weighted by molar-refractivity contribution is 5.95. The van der Waals surface area contributed by atoms with Crippen molar-refractivity contribution in [3.05, 3.63) is 24.0 Å². The molecule has 3 aliphatic rings. The number of hydrogen-bond donors (Lipinski definition) is 0. The summed E-state index contributed by atoms with van der Waals surface area (Å²) in [5, 5.41) is 0. The van der Waals surface area contributed by atoms with Gasteiger partial charge in [0, 0.05) is 63.7 Å². The Balaban J connectivity index is 1.35. The number of carbonyl (C=O) groups is 2. The summed E-state index contributed by atoms with van der Waals surface area (Å²) in [6.45, 7) is 13.5. The van der Waals surface area contributed by atoms with E-state index in [-0.39, 0.29) is 22.8 Å². The normalized spacial score (nSPS) is 26.1. The van der Waals surface area contributed by atoms with Crippen LogP contribution in [0.25, 0.3) is 0 Å². The van der Waals surface area contributed by atoms with Crippen LogP contribution in [0.1, 0.15) is 44.0 Å². The molecule has 1 aromatic rings. The Morgan fingerprint density at radius 2 is 1.83 bits per heavy atom. The quantitative estimate of drug-likeness (QED) is 0.768. The Hall–Kier alpha value is -1.86. The predicted molar refractivity (Wildman–Crippen MR) is 111 cm³/mol. The Morgan fingerprint density at radius 3 is 2.52 bits per heavy atom. The second-order valence-corrected chi connectivity index (χ2v) is 9.73. The van der Waals surface area contributed by atoms with E-state index in [0.717, 1.165) is 58.8 Å². The maximum absolute atomic E-state index is 13.2. The molecule has 1 spiro atoms. The third-order valence-corrected chi connectivity index (χ3v) is 6.75. The molecule has 0 aromatic carbocycles. The molecule has 160 valence electrons. The Bertz CT molecular complexity index is 762. The maximum Gasteiger partial charge on any atom is 0.255 e. The van der Waals surface area contributed by atoms with Crippen molar-refractivity contribution >= 4 is 11.8 Å². The van der Waals surface area contributed by atoms with Crippen molar-refractivity contribution in [1.29, 1.82) is 0 Å². The molecule has 0 N–H and O–H groups in total. The molecule has 3 fully saturated rings. The van der Waals surface area contributed by atoms with E-state index in [9.17, 15) is 9.59 Å². The highest BCUT2D eigenvalue weighted by Gasteiger charge is 2.51. The van der Waals surface area contributed by atoms with Crippen LogP contribution in [0, 0.1) is 5.41 Å². The first-order valence-corrected chi connectivity index (χ1v) is 10.9. The molecule has 0 aliphatic carbocycles. The number of ether oxygens (including phenoxy) is 1. The van der Waals surface area contributed by atoms with E-state index in [1.165, 1.54) is 0 Å². The zero-order valence-corrected chi connectivity index (χ0v) is 18.0.